The van der Waals surface area contributed by atoms with Crippen molar-refractivity contribution < 1.29 is 18.8 Å². The van der Waals surface area contributed by atoms with E-state index in [9.17, 15) is 14.1 Å². The lowest BCUT2D eigenvalue weighted by Gasteiger charge is -2.45. The number of nitrogens with one attached hydrogen (secondary N) is 1. The van der Waals surface area contributed by atoms with Gasteiger partial charge in [-0.05, 0) is 108 Å². The highest BCUT2D eigenvalue weighted by molar-refractivity contribution is 7.95. The summed E-state index contributed by atoms with van der Waals surface area (Å²) < 4.78 is 32.1. The van der Waals surface area contributed by atoms with E-state index in [4.69, 9.17) is 16.3 Å². The van der Waals surface area contributed by atoms with E-state index >= 15 is 0 Å². The minimum Gasteiger partial charge on any atom is -0.490 e. The zero-order valence-corrected chi connectivity index (χ0v) is 31.1. The van der Waals surface area contributed by atoms with E-state index in [1.807, 2.05) is 37.3 Å². The third kappa shape index (κ3) is 6.21. The Labute approximate surface area is 311 Å². The molecule has 9 rings (SSSR count). The van der Waals surface area contributed by atoms with E-state index in [0.717, 1.165) is 42.8 Å². The Morgan fingerprint density at radius 1 is 1.17 bits per heavy atom. The van der Waals surface area contributed by atoms with Crippen molar-refractivity contribution in [3.8, 4) is 5.75 Å². The molecule has 2 aromatic carbocycles. The van der Waals surface area contributed by atoms with E-state index in [0.29, 0.717) is 48.5 Å². The number of halogens is 1. The third-order valence-electron chi connectivity index (χ3n) is 11.5. The van der Waals surface area contributed by atoms with Crippen LogP contribution in [0.3, 0.4) is 0 Å². The molecule has 1 fully saturated rings. The van der Waals surface area contributed by atoms with Crippen molar-refractivity contribution in [2.45, 2.75) is 57.0 Å². The minimum absolute atomic E-state index is 0.0386. The van der Waals surface area contributed by atoms with E-state index in [1.165, 1.54) is 15.6 Å². The molecule has 5 aromatic rings. The molecule has 2 N–H and O–H groups in total. The van der Waals surface area contributed by atoms with E-state index in [1.54, 1.807) is 24.0 Å². The van der Waals surface area contributed by atoms with Crippen molar-refractivity contribution >= 4 is 55.7 Å². The van der Waals surface area contributed by atoms with E-state index in [-0.39, 0.29) is 40.5 Å². The Hall–Kier alpha value is -4.60. The first-order valence-electron chi connectivity index (χ1n) is 18.2. The number of aliphatic hydroxyl groups is 1. The van der Waals surface area contributed by atoms with Gasteiger partial charge in [-0.3, -0.25) is 14.2 Å². The largest absolute Gasteiger partial charge is 0.490 e. The van der Waals surface area contributed by atoms with Crippen LogP contribution in [-0.4, -0.2) is 81.6 Å². The van der Waals surface area contributed by atoms with Gasteiger partial charge in [0.15, 0.2) is 11.5 Å². The topological polar surface area (TPSA) is 165 Å². The van der Waals surface area contributed by atoms with Crippen molar-refractivity contribution in [1.82, 2.24) is 34.8 Å². The molecule has 2 bridgehead atoms. The van der Waals surface area contributed by atoms with Gasteiger partial charge in [-0.2, -0.15) is 14.6 Å². The van der Waals surface area contributed by atoms with Gasteiger partial charge in [0, 0.05) is 42.3 Å². The van der Waals surface area contributed by atoms with Crippen LogP contribution in [0.25, 0.3) is 16.8 Å². The zero-order valence-electron chi connectivity index (χ0n) is 29.6. The zero-order chi connectivity index (χ0) is 36.5. The van der Waals surface area contributed by atoms with Gasteiger partial charge < -0.3 is 14.7 Å². The molecule has 6 atom stereocenters. The fraction of sp³-hybridized carbons (Fsp3) is 0.459. The van der Waals surface area contributed by atoms with Crippen LogP contribution in [0, 0.1) is 17.8 Å². The number of allylic oxidation sites excluding steroid dienone is 1. The molecule has 2 aliphatic heterocycles. The monoisotopic (exact) mass is 756 g/mol. The molecule has 0 radical (unpaired) electrons. The van der Waals surface area contributed by atoms with E-state index in [2.05, 4.69) is 51.7 Å². The molecule has 3 aromatic heterocycles. The molecular formula is C37H41ClN10O4S. The van der Waals surface area contributed by atoms with Crippen molar-refractivity contribution in [2.24, 2.45) is 29.2 Å². The summed E-state index contributed by atoms with van der Waals surface area (Å²) in [5, 5.41) is 28.8. The summed E-state index contributed by atoms with van der Waals surface area (Å²) in [6.45, 7) is 3.82. The highest BCUT2D eigenvalue weighted by Gasteiger charge is 2.44. The summed E-state index contributed by atoms with van der Waals surface area (Å²) in [5.74, 6) is 0.687. The van der Waals surface area contributed by atoms with Crippen LogP contribution in [0.2, 0.25) is 5.02 Å². The lowest BCUT2D eigenvalue weighted by Crippen LogP contribution is -2.49. The number of fused-ring (bicyclic) bond motifs is 7. The summed E-state index contributed by atoms with van der Waals surface area (Å²) in [7, 11) is -1.72. The number of amides is 1. The van der Waals surface area contributed by atoms with Gasteiger partial charge >= 0.3 is 0 Å². The number of carbonyl (C=O) groups excluding carboxylic acids is 1. The molecule has 4 aliphatic rings. The molecule has 14 nitrogen and oxygen atoms in total. The van der Waals surface area contributed by atoms with Crippen LogP contribution in [0.4, 0.5) is 11.5 Å². The lowest BCUT2D eigenvalue weighted by atomic mass is 9.68. The Kier molecular flexibility index (Phi) is 8.42. The molecule has 16 heteroatoms. The molecule has 1 amide bonds. The molecule has 2 aliphatic carbocycles. The van der Waals surface area contributed by atoms with Crippen molar-refractivity contribution in [1.29, 1.82) is 0 Å². The van der Waals surface area contributed by atoms with Gasteiger partial charge in [0.2, 0.25) is 0 Å². The van der Waals surface area contributed by atoms with Crippen LogP contribution in [0.15, 0.2) is 59.1 Å². The Morgan fingerprint density at radius 2 is 2.06 bits per heavy atom. The predicted molar refractivity (Wildman–Crippen MR) is 202 cm³/mol. The molecule has 1 unspecified atom stereocenters. The van der Waals surface area contributed by atoms with Crippen LogP contribution < -0.4 is 14.4 Å². The fourth-order valence-electron chi connectivity index (χ4n) is 8.71. The van der Waals surface area contributed by atoms with Gasteiger partial charge in [-0.15, -0.1) is 4.36 Å². The van der Waals surface area contributed by atoms with Crippen LogP contribution in [0.5, 0.6) is 5.75 Å². The fourth-order valence-corrected chi connectivity index (χ4v) is 10.9. The second-order valence-electron chi connectivity index (χ2n) is 15.2. The lowest BCUT2D eigenvalue weighted by molar-refractivity contribution is 0.0456. The van der Waals surface area contributed by atoms with Crippen LogP contribution in [0.1, 0.15) is 60.5 Å². The minimum atomic E-state index is -3.48. The number of tetrazole rings is 1. The third-order valence-corrected chi connectivity index (χ3v) is 13.7. The molecule has 5 heterocycles. The SMILES string of the molecule is C[C@H]1C/C=C/[C@H](O)[C@@H]2CC[C@H]2CN2C[C@@]3(CCCc4cc(Cl)ccc43)COc3ccc(cc32)C(=O)N=S(=O)(Nc2nc3nnnn3c3nn(C)cc23)C1. The average molecular weight is 757 g/mol. The van der Waals surface area contributed by atoms with Crippen molar-refractivity contribution in [3.63, 3.8) is 0 Å². The van der Waals surface area contributed by atoms with Crippen molar-refractivity contribution in [2.75, 3.05) is 35.1 Å². The second kappa shape index (κ2) is 13.1. The smallest absolute Gasteiger partial charge is 0.286 e. The number of carbonyl (C=O) groups is 1. The number of nitrogens with zero attached hydrogens (tertiary/aromatic N) is 9. The highest BCUT2D eigenvalue weighted by atomic mass is 35.5. The average Bonchev–Trinajstić information content (AvgIpc) is 3.70. The van der Waals surface area contributed by atoms with Crippen LogP contribution >= 0.6 is 11.6 Å². The summed E-state index contributed by atoms with van der Waals surface area (Å²) in [5.41, 5.74) is 3.73. The van der Waals surface area contributed by atoms with Gasteiger partial charge in [-0.1, -0.05) is 41.8 Å². The Balaban J connectivity index is 1.14. The predicted octanol–water partition coefficient (Wildman–Crippen LogP) is 5.15. The standard InChI is InChI=1S/C37H41ClN10O4S/c1-22-5-3-7-31(49)27-11-8-25(27)17-47-20-37(14-4-6-23-15-26(38)10-12-29(23)37)21-52-32-13-9-24(16-30(32)47)35(50)43-53(51,19-22)42-33-28-18-46(2)41-34(28)48-36(39-33)40-44-45-48/h3,7,9-10,12-13,15-16,18,22,25,27,31,49H,4-6,8,11,14,17,19-21H2,1-2H3,(H,39,40,42,43,45,50,51)/b7-3+/t22-,25-,27+,31-,37-,53?/m0/s1. The normalized spacial score (nSPS) is 29.4. The molecule has 1 saturated carbocycles. The van der Waals surface area contributed by atoms with Gasteiger partial charge in [-0.25, -0.2) is 4.21 Å². The Bertz CT molecular complexity index is 2420. The van der Waals surface area contributed by atoms with Crippen LogP contribution in [-0.2, 0) is 28.8 Å². The number of rotatable bonds is 2. The number of aryl methyl sites for hydroxylation is 2. The number of benzene rings is 2. The summed E-state index contributed by atoms with van der Waals surface area (Å²) in [6, 6.07) is 11.6. The number of anilines is 2. The summed E-state index contributed by atoms with van der Waals surface area (Å²) in [4.78, 5) is 21.1. The molecular weight excluding hydrogens is 716 g/mol. The first-order valence-corrected chi connectivity index (χ1v) is 20.3. The molecule has 53 heavy (non-hydrogen) atoms. The number of aliphatic hydroxyl groups excluding tert-OH is 1. The Morgan fingerprint density at radius 3 is 2.91 bits per heavy atom. The number of aromatic nitrogens is 7. The van der Waals surface area contributed by atoms with Crippen molar-refractivity contribution in [3.05, 3.63) is 76.5 Å². The van der Waals surface area contributed by atoms with E-state index < -0.39 is 21.9 Å². The summed E-state index contributed by atoms with van der Waals surface area (Å²) >= 11 is 6.46. The number of hydrogen-bond acceptors (Lipinski definition) is 10. The maximum atomic E-state index is 15.0. The molecule has 276 valence electrons. The molecule has 1 spiro atoms. The highest BCUT2D eigenvalue weighted by Crippen LogP contribution is 2.47. The maximum absolute atomic E-state index is 15.0. The molecule has 0 saturated heterocycles. The number of hydrogen-bond donors (Lipinski definition) is 2. The summed E-state index contributed by atoms with van der Waals surface area (Å²) in [6.07, 6.45) is 10.4. The second-order valence-corrected chi connectivity index (χ2v) is 17.7. The quantitative estimate of drug-likeness (QED) is 0.230. The first-order chi connectivity index (χ1) is 25.6. The maximum Gasteiger partial charge on any atom is 0.286 e. The first kappa shape index (κ1) is 34.2. The number of ether oxygens (including phenoxy) is 1. The van der Waals surface area contributed by atoms with Gasteiger partial charge in [0.25, 0.3) is 11.7 Å². The van der Waals surface area contributed by atoms with Gasteiger partial charge in [0.1, 0.15) is 15.7 Å². The van der Waals surface area contributed by atoms with Gasteiger partial charge in [0.05, 0.1) is 29.5 Å².